The van der Waals surface area contributed by atoms with Gasteiger partial charge in [-0.05, 0) is 70.3 Å². The van der Waals surface area contributed by atoms with Crippen molar-refractivity contribution in [2.75, 3.05) is 39.3 Å². The first kappa shape index (κ1) is 16.5. The van der Waals surface area contributed by atoms with Crippen LogP contribution in [0.25, 0.3) is 0 Å². The summed E-state index contributed by atoms with van der Waals surface area (Å²) in [6.45, 7) is 8.82. The number of aromatic nitrogens is 1. The maximum absolute atomic E-state index is 4.48. The molecule has 4 heteroatoms. The molecule has 0 aliphatic carbocycles. The second-order valence-electron chi connectivity index (χ2n) is 7.86. The Bertz CT molecular complexity index is 492. The third-order valence-electron chi connectivity index (χ3n) is 6.27. The van der Waals surface area contributed by atoms with Crippen LogP contribution in [-0.4, -0.2) is 71.0 Å². The standard InChI is InChI=1S/C20H32N4/c1-2-10-21-18(6-1)16-22-14-8-19(9-15-22)24-13-5-7-20(17-24)23-11-3-4-12-23/h1-2,6,10,19-20H,3-5,7-9,11-17H2. The average Bonchev–Trinajstić information content (AvgIpc) is 3.18. The summed E-state index contributed by atoms with van der Waals surface area (Å²) in [6, 6.07) is 7.91. The van der Waals surface area contributed by atoms with Crippen LogP contribution < -0.4 is 0 Å². The predicted molar refractivity (Wildman–Crippen MR) is 97.9 cm³/mol. The van der Waals surface area contributed by atoms with Gasteiger partial charge in [0.1, 0.15) is 0 Å². The molecule has 0 aromatic carbocycles. The largest absolute Gasteiger partial charge is 0.299 e. The minimum atomic E-state index is 0.815. The average molecular weight is 329 g/mol. The molecule has 0 N–H and O–H groups in total. The smallest absolute Gasteiger partial charge is 0.0543 e. The highest BCUT2D eigenvalue weighted by Gasteiger charge is 2.31. The highest BCUT2D eigenvalue weighted by molar-refractivity contribution is 5.03. The molecule has 3 saturated heterocycles. The summed E-state index contributed by atoms with van der Waals surface area (Å²) < 4.78 is 0. The molecule has 0 spiro atoms. The van der Waals surface area contributed by atoms with Crippen LogP contribution in [0, 0.1) is 0 Å². The van der Waals surface area contributed by atoms with Crippen molar-refractivity contribution in [2.24, 2.45) is 0 Å². The minimum absolute atomic E-state index is 0.815. The molecule has 3 fully saturated rings. The van der Waals surface area contributed by atoms with Crippen LogP contribution in [0.4, 0.5) is 0 Å². The zero-order valence-electron chi connectivity index (χ0n) is 14.9. The number of nitrogens with zero attached hydrogens (tertiary/aromatic N) is 4. The van der Waals surface area contributed by atoms with E-state index in [1.807, 2.05) is 12.3 Å². The van der Waals surface area contributed by atoms with Crippen molar-refractivity contribution in [2.45, 2.75) is 57.2 Å². The summed E-state index contributed by atoms with van der Waals surface area (Å²) >= 11 is 0. The van der Waals surface area contributed by atoms with E-state index in [2.05, 4.69) is 31.8 Å². The lowest BCUT2D eigenvalue weighted by Crippen LogP contribution is -2.53. The van der Waals surface area contributed by atoms with Gasteiger partial charge in [0, 0.05) is 44.5 Å². The zero-order chi connectivity index (χ0) is 16.2. The summed E-state index contributed by atoms with van der Waals surface area (Å²) in [7, 11) is 0. The Morgan fingerprint density at radius 2 is 1.62 bits per heavy atom. The second kappa shape index (κ2) is 7.94. The molecular weight excluding hydrogens is 296 g/mol. The van der Waals surface area contributed by atoms with Gasteiger partial charge in [-0.15, -0.1) is 0 Å². The van der Waals surface area contributed by atoms with E-state index >= 15 is 0 Å². The highest BCUT2D eigenvalue weighted by Crippen LogP contribution is 2.25. The first-order valence-corrected chi connectivity index (χ1v) is 9.99. The Morgan fingerprint density at radius 3 is 2.38 bits per heavy atom. The molecule has 132 valence electrons. The molecule has 4 heterocycles. The monoisotopic (exact) mass is 328 g/mol. The van der Waals surface area contributed by atoms with Crippen LogP contribution in [0.2, 0.25) is 0 Å². The Balaban J connectivity index is 1.26. The third-order valence-corrected chi connectivity index (χ3v) is 6.27. The van der Waals surface area contributed by atoms with Crippen LogP contribution in [0.3, 0.4) is 0 Å². The fourth-order valence-electron chi connectivity index (χ4n) is 4.88. The van der Waals surface area contributed by atoms with E-state index in [4.69, 9.17) is 0 Å². The van der Waals surface area contributed by atoms with Gasteiger partial charge < -0.3 is 0 Å². The van der Waals surface area contributed by atoms with Gasteiger partial charge in [-0.1, -0.05) is 6.07 Å². The first-order chi connectivity index (χ1) is 11.9. The Morgan fingerprint density at radius 1 is 0.833 bits per heavy atom. The molecule has 1 unspecified atom stereocenters. The lowest BCUT2D eigenvalue weighted by molar-refractivity contribution is 0.0496. The molecule has 1 atom stereocenters. The molecule has 0 radical (unpaired) electrons. The van der Waals surface area contributed by atoms with Crippen molar-refractivity contribution >= 4 is 0 Å². The van der Waals surface area contributed by atoms with Crippen molar-refractivity contribution in [3.8, 4) is 0 Å². The Hall–Kier alpha value is -0.970. The topological polar surface area (TPSA) is 22.6 Å². The van der Waals surface area contributed by atoms with Gasteiger partial charge >= 0.3 is 0 Å². The van der Waals surface area contributed by atoms with Crippen LogP contribution in [-0.2, 0) is 6.54 Å². The van der Waals surface area contributed by atoms with Crippen LogP contribution in [0.1, 0.15) is 44.2 Å². The van der Waals surface area contributed by atoms with Crippen molar-refractivity contribution in [3.05, 3.63) is 30.1 Å². The van der Waals surface area contributed by atoms with Crippen LogP contribution in [0.15, 0.2) is 24.4 Å². The van der Waals surface area contributed by atoms with Gasteiger partial charge in [0.25, 0.3) is 0 Å². The van der Waals surface area contributed by atoms with E-state index in [0.29, 0.717) is 0 Å². The van der Waals surface area contributed by atoms with Crippen LogP contribution in [0.5, 0.6) is 0 Å². The quantitative estimate of drug-likeness (QED) is 0.847. The van der Waals surface area contributed by atoms with E-state index in [-0.39, 0.29) is 0 Å². The summed E-state index contributed by atoms with van der Waals surface area (Å²) in [5.41, 5.74) is 1.21. The SMILES string of the molecule is c1ccc(CN2CCC(N3CCCC(N4CCCC4)C3)CC2)nc1. The normalized spacial score (nSPS) is 28.4. The van der Waals surface area contributed by atoms with E-state index in [0.717, 1.165) is 18.6 Å². The molecule has 4 rings (SSSR count). The summed E-state index contributed by atoms with van der Waals surface area (Å²) in [5, 5.41) is 0. The molecule has 24 heavy (non-hydrogen) atoms. The lowest BCUT2D eigenvalue weighted by atomic mass is 9.97. The van der Waals surface area contributed by atoms with Crippen molar-refractivity contribution < 1.29 is 0 Å². The van der Waals surface area contributed by atoms with Gasteiger partial charge in [0.2, 0.25) is 0 Å². The maximum atomic E-state index is 4.48. The molecule has 0 amide bonds. The fourth-order valence-corrected chi connectivity index (χ4v) is 4.88. The molecule has 3 aliphatic heterocycles. The van der Waals surface area contributed by atoms with E-state index in [9.17, 15) is 0 Å². The molecular formula is C20H32N4. The zero-order valence-corrected chi connectivity index (χ0v) is 14.9. The second-order valence-corrected chi connectivity index (χ2v) is 7.86. The van der Waals surface area contributed by atoms with Crippen molar-refractivity contribution in [3.63, 3.8) is 0 Å². The number of likely N-dealkylation sites (tertiary alicyclic amines) is 3. The highest BCUT2D eigenvalue weighted by atomic mass is 15.3. The molecule has 1 aromatic rings. The number of hydrogen-bond donors (Lipinski definition) is 0. The van der Waals surface area contributed by atoms with Gasteiger partial charge in [0.05, 0.1) is 5.69 Å². The lowest BCUT2D eigenvalue weighted by Gasteiger charge is -2.44. The predicted octanol–water partition coefficient (Wildman–Crippen LogP) is 2.61. The number of pyridine rings is 1. The van der Waals surface area contributed by atoms with Gasteiger partial charge in [0.15, 0.2) is 0 Å². The third kappa shape index (κ3) is 3.98. The van der Waals surface area contributed by atoms with Gasteiger partial charge in [-0.25, -0.2) is 0 Å². The Kier molecular flexibility index (Phi) is 5.46. The molecule has 3 aliphatic rings. The van der Waals surface area contributed by atoms with E-state index in [1.165, 1.54) is 83.5 Å². The van der Waals surface area contributed by atoms with Gasteiger partial charge in [-0.2, -0.15) is 0 Å². The fraction of sp³-hybridized carbons (Fsp3) is 0.750. The number of rotatable bonds is 4. The van der Waals surface area contributed by atoms with Gasteiger partial charge in [-0.3, -0.25) is 19.7 Å². The maximum Gasteiger partial charge on any atom is 0.0543 e. The van der Waals surface area contributed by atoms with Crippen molar-refractivity contribution in [1.29, 1.82) is 0 Å². The molecule has 4 nitrogen and oxygen atoms in total. The summed E-state index contributed by atoms with van der Waals surface area (Å²) in [5.74, 6) is 0. The van der Waals surface area contributed by atoms with E-state index < -0.39 is 0 Å². The van der Waals surface area contributed by atoms with Crippen molar-refractivity contribution in [1.82, 2.24) is 19.7 Å². The molecule has 0 bridgehead atoms. The first-order valence-electron chi connectivity index (χ1n) is 9.99. The van der Waals surface area contributed by atoms with E-state index in [1.54, 1.807) is 0 Å². The van der Waals surface area contributed by atoms with Crippen LogP contribution >= 0.6 is 0 Å². The Labute approximate surface area is 146 Å². The number of hydrogen-bond acceptors (Lipinski definition) is 4. The number of piperidine rings is 2. The minimum Gasteiger partial charge on any atom is -0.299 e. The summed E-state index contributed by atoms with van der Waals surface area (Å²) in [6.07, 6.45) is 10.2. The molecule has 0 saturated carbocycles. The summed E-state index contributed by atoms with van der Waals surface area (Å²) in [4.78, 5) is 12.7. The molecule has 1 aromatic heterocycles.